The van der Waals surface area contributed by atoms with Gasteiger partial charge in [-0.3, -0.25) is 9.78 Å². The van der Waals surface area contributed by atoms with E-state index in [0.717, 1.165) is 24.9 Å². The maximum Gasteiger partial charge on any atom is 0.281 e. The van der Waals surface area contributed by atoms with Crippen LogP contribution in [0.3, 0.4) is 0 Å². The predicted octanol–water partition coefficient (Wildman–Crippen LogP) is 3.54. The van der Waals surface area contributed by atoms with Crippen LogP contribution in [0.1, 0.15) is 28.0 Å². The van der Waals surface area contributed by atoms with Crippen molar-refractivity contribution in [2.24, 2.45) is 5.73 Å². The van der Waals surface area contributed by atoms with Crippen LogP contribution in [0.4, 0.5) is 5.00 Å². The molecule has 0 bridgehead atoms. The molecule has 29 heavy (non-hydrogen) atoms. The zero-order valence-corrected chi connectivity index (χ0v) is 17.4. The predicted molar refractivity (Wildman–Crippen MR) is 116 cm³/mol. The van der Waals surface area contributed by atoms with Gasteiger partial charge in [0.05, 0.1) is 6.20 Å². The molecule has 0 atom stereocenters. The third-order valence-corrected chi connectivity index (χ3v) is 5.12. The van der Waals surface area contributed by atoms with Gasteiger partial charge in [-0.05, 0) is 56.7 Å². The minimum absolute atomic E-state index is 0.175. The van der Waals surface area contributed by atoms with E-state index in [2.05, 4.69) is 58.5 Å². The number of rotatable bonds is 10. The minimum Gasteiger partial charge on any atom is -0.429 e. The van der Waals surface area contributed by atoms with Crippen LogP contribution in [-0.2, 0) is 13.0 Å². The van der Waals surface area contributed by atoms with E-state index in [-0.39, 0.29) is 5.69 Å². The number of aryl methyl sites for hydroxylation is 1. The lowest BCUT2D eigenvalue weighted by molar-refractivity contribution is 0.0996. The fourth-order valence-electron chi connectivity index (χ4n) is 2.74. The summed E-state index contributed by atoms with van der Waals surface area (Å²) in [5.41, 5.74) is 8.08. The number of nitrogens with two attached hydrogens (primary N) is 1. The highest BCUT2D eigenvalue weighted by Crippen LogP contribution is 2.33. The van der Waals surface area contributed by atoms with Gasteiger partial charge in [0.1, 0.15) is 10.8 Å². The summed E-state index contributed by atoms with van der Waals surface area (Å²) in [5.74, 6) is -0.0466. The molecule has 0 saturated heterocycles. The highest BCUT2D eigenvalue weighted by atomic mass is 32.1. The summed E-state index contributed by atoms with van der Waals surface area (Å²) in [7, 11) is 4.17. The molecule has 8 heteroatoms. The van der Waals surface area contributed by atoms with E-state index in [9.17, 15) is 4.79 Å². The van der Waals surface area contributed by atoms with E-state index in [1.165, 1.54) is 16.9 Å². The van der Waals surface area contributed by atoms with Crippen LogP contribution in [0.2, 0.25) is 0 Å². The molecule has 152 valence electrons. The molecule has 0 unspecified atom stereocenters. The van der Waals surface area contributed by atoms with Crippen LogP contribution >= 0.6 is 11.3 Å². The molecule has 0 aliphatic rings. The Labute approximate surface area is 174 Å². The SMILES string of the molecule is CN(C)CCCc1ccc(CNc2sc(Oc3cccnc3)nc2C(N)=O)cc1. The molecule has 3 rings (SSSR count). The summed E-state index contributed by atoms with van der Waals surface area (Å²) in [6, 6.07) is 12.0. The Morgan fingerprint density at radius 3 is 2.62 bits per heavy atom. The van der Waals surface area contributed by atoms with Crippen LogP contribution in [-0.4, -0.2) is 41.4 Å². The van der Waals surface area contributed by atoms with Crippen molar-refractivity contribution < 1.29 is 9.53 Å². The number of amides is 1. The Bertz CT molecular complexity index is 926. The molecule has 1 aromatic carbocycles. The number of hydrogen-bond acceptors (Lipinski definition) is 7. The number of thiazole rings is 1. The van der Waals surface area contributed by atoms with Crippen molar-refractivity contribution in [2.45, 2.75) is 19.4 Å². The molecular formula is C21H25N5O2S. The molecule has 1 amide bonds. The van der Waals surface area contributed by atoms with Gasteiger partial charge in [0, 0.05) is 12.7 Å². The number of anilines is 1. The van der Waals surface area contributed by atoms with Crippen molar-refractivity contribution in [2.75, 3.05) is 26.0 Å². The standard InChI is InChI=1S/C21H25N5O2S/c1-26(2)12-4-5-15-7-9-16(10-8-15)13-24-20-18(19(22)27)25-21(29-20)28-17-6-3-11-23-14-17/h3,6-11,14,24H,4-5,12-13H2,1-2H3,(H2,22,27). The molecule has 2 heterocycles. The van der Waals surface area contributed by atoms with Crippen LogP contribution in [0.5, 0.6) is 10.9 Å². The van der Waals surface area contributed by atoms with Crippen molar-refractivity contribution >= 4 is 22.2 Å². The van der Waals surface area contributed by atoms with Gasteiger partial charge in [0.15, 0.2) is 5.69 Å². The number of ether oxygens (including phenoxy) is 1. The lowest BCUT2D eigenvalue weighted by Gasteiger charge is -2.09. The van der Waals surface area contributed by atoms with Gasteiger partial charge < -0.3 is 20.7 Å². The second kappa shape index (κ2) is 9.99. The summed E-state index contributed by atoms with van der Waals surface area (Å²) in [6.07, 6.45) is 5.43. The summed E-state index contributed by atoms with van der Waals surface area (Å²) >= 11 is 1.24. The molecular weight excluding hydrogens is 386 g/mol. The highest BCUT2D eigenvalue weighted by molar-refractivity contribution is 7.17. The van der Waals surface area contributed by atoms with Gasteiger partial charge >= 0.3 is 0 Å². The molecule has 0 radical (unpaired) electrons. The first-order valence-corrected chi connectivity index (χ1v) is 10.2. The number of hydrogen-bond donors (Lipinski definition) is 2. The first kappa shape index (κ1) is 20.8. The Morgan fingerprint density at radius 2 is 1.97 bits per heavy atom. The van der Waals surface area contributed by atoms with Gasteiger partial charge in [-0.2, -0.15) is 4.98 Å². The largest absolute Gasteiger partial charge is 0.429 e. The van der Waals surface area contributed by atoms with Crippen LogP contribution in [0.25, 0.3) is 0 Å². The normalized spacial score (nSPS) is 10.9. The van der Waals surface area contributed by atoms with Gasteiger partial charge in [0.2, 0.25) is 0 Å². The Hall–Kier alpha value is -2.97. The summed E-state index contributed by atoms with van der Waals surface area (Å²) in [6.45, 7) is 1.64. The quantitative estimate of drug-likeness (QED) is 0.530. The maximum absolute atomic E-state index is 11.7. The number of nitrogens with one attached hydrogen (secondary N) is 1. The molecule has 3 N–H and O–H groups in total. The van der Waals surface area contributed by atoms with Crippen molar-refractivity contribution in [3.63, 3.8) is 0 Å². The van der Waals surface area contributed by atoms with E-state index in [1.807, 2.05) is 0 Å². The van der Waals surface area contributed by atoms with Gasteiger partial charge in [-0.25, -0.2) is 0 Å². The highest BCUT2D eigenvalue weighted by Gasteiger charge is 2.17. The van der Waals surface area contributed by atoms with E-state index in [0.29, 0.717) is 22.5 Å². The number of benzene rings is 1. The molecule has 3 aromatic rings. The van der Waals surface area contributed by atoms with Crippen LogP contribution in [0, 0.1) is 0 Å². The molecule has 2 aromatic heterocycles. The monoisotopic (exact) mass is 411 g/mol. The lowest BCUT2D eigenvalue weighted by atomic mass is 10.1. The molecule has 0 fully saturated rings. The summed E-state index contributed by atoms with van der Waals surface area (Å²) in [4.78, 5) is 22.1. The van der Waals surface area contributed by atoms with Gasteiger partial charge in [-0.1, -0.05) is 35.6 Å². The van der Waals surface area contributed by atoms with Crippen molar-refractivity contribution in [3.05, 3.63) is 65.6 Å². The zero-order chi connectivity index (χ0) is 20.6. The minimum atomic E-state index is -0.596. The number of carbonyl (C=O) groups is 1. The van der Waals surface area contributed by atoms with Crippen molar-refractivity contribution in [3.8, 4) is 10.9 Å². The van der Waals surface area contributed by atoms with Gasteiger partial charge in [0.25, 0.3) is 11.1 Å². The zero-order valence-electron chi connectivity index (χ0n) is 16.6. The van der Waals surface area contributed by atoms with Crippen molar-refractivity contribution in [1.82, 2.24) is 14.9 Å². The fraction of sp³-hybridized carbons (Fsp3) is 0.286. The second-order valence-electron chi connectivity index (χ2n) is 6.89. The van der Waals surface area contributed by atoms with Gasteiger partial charge in [-0.15, -0.1) is 0 Å². The second-order valence-corrected chi connectivity index (χ2v) is 7.85. The number of primary amides is 1. The number of pyridine rings is 1. The third-order valence-electron chi connectivity index (χ3n) is 4.23. The first-order valence-electron chi connectivity index (χ1n) is 9.36. The Balaban J connectivity index is 1.61. The number of carbonyl (C=O) groups excluding carboxylic acids is 1. The Kier molecular flexibility index (Phi) is 7.15. The maximum atomic E-state index is 11.7. The average Bonchev–Trinajstić information content (AvgIpc) is 3.11. The lowest BCUT2D eigenvalue weighted by Crippen LogP contribution is -2.14. The number of aromatic nitrogens is 2. The smallest absolute Gasteiger partial charge is 0.281 e. The van der Waals surface area contributed by atoms with Crippen LogP contribution < -0.4 is 15.8 Å². The fourth-order valence-corrected chi connectivity index (χ4v) is 3.58. The van der Waals surface area contributed by atoms with E-state index >= 15 is 0 Å². The van der Waals surface area contributed by atoms with E-state index < -0.39 is 5.91 Å². The number of nitrogens with zero attached hydrogens (tertiary/aromatic N) is 3. The molecule has 0 saturated carbocycles. The average molecular weight is 412 g/mol. The van der Waals surface area contributed by atoms with E-state index in [4.69, 9.17) is 10.5 Å². The van der Waals surface area contributed by atoms with Crippen molar-refractivity contribution in [1.29, 1.82) is 0 Å². The first-order chi connectivity index (χ1) is 14.0. The topological polar surface area (TPSA) is 93.4 Å². The Morgan fingerprint density at radius 1 is 1.21 bits per heavy atom. The molecule has 7 nitrogen and oxygen atoms in total. The van der Waals surface area contributed by atoms with Crippen LogP contribution in [0.15, 0.2) is 48.8 Å². The summed E-state index contributed by atoms with van der Waals surface area (Å²) < 4.78 is 5.67. The molecule has 0 spiro atoms. The molecule has 0 aliphatic heterocycles. The third kappa shape index (κ3) is 6.27. The molecule has 0 aliphatic carbocycles. The van der Waals surface area contributed by atoms with E-state index in [1.54, 1.807) is 24.5 Å². The summed E-state index contributed by atoms with van der Waals surface area (Å²) in [5, 5.41) is 4.18.